The van der Waals surface area contributed by atoms with Gasteiger partial charge in [-0.05, 0) is 30.4 Å². The van der Waals surface area contributed by atoms with Crippen LogP contribution < -0.4 is 5.32 Å². The minimum atomic E-state index is -0.250. The molecule has 166 valence electrons. The maximum absolute atomic E-state index is 12.8. The Bertz CT molecular complexity index is 903. The molecule has 31 heavy (non-hydrogen) atoms. The van der Waals surface area contributed by atoms with Gasteiger partial charge < -0.3 is 20.1 Å². The number of rotatable bonds is 6. The predicted molar refractivity (Wildman–Crippen MR) is 112 cm³/mol. The molecule has 5 rings (SSSR count). The zero-order chi connectivity index (χ0) is 21.8. The van der Waals surface area contributed by atoms with E-state index in [1.165, 1.54) is 0 Å². The third kappa shape index (κ3) is 4.49. The Hall–Kier alpha value is -2.72. The molecule has 3 aliphatic rings. The van der Waals surface area contributed by atoms with Gasteiger partial charge in [-0.2, -0.15) is 5.10 Å². The highest BCUT2D eigenvalue weighted by atomic mass is 32.1. The summed E-state index contributed by atoms with van der Waals surface area (Å²) in [6.07, 6.45) is 6.15. The molecule has 2 N–H and O–H groups in total. The van der Waals surface area contributed by atoms with E-state index in [9.17, 15) is 9.59 Å². The van der Waals surface area contributed by atoms with Gasteiger partial charge in [-0.3, -0.25) is 19.1 Å². The quantitative estimate of drug-likeness (QED) is 0.641. The largest absolute Gasteiger partial charge is 0.483 e. The summed E-state index contributed by atoms with van der Waals surface area (Å²) >= 11 is 1.62. The average Bonchev–Trinajstić information content (AvgIpc) is 3.53. The molecule has 2 aromatic rings. The molecule has 0 aromatic carbocycles. The van der Waals surface area contributed by atoms with Crippen molar-refractivity contribution in [1.29, 1.82) is 0 Å². The van der Waals surface area contributed by atoms with Crippen LogP contribution in [-0.2, 0) is 32.1 Å². The van der Waals surface area contributed by atoms with Crippen LogP contribution in [0.25, 0.3) is 0 Å². The molecule has 3 saturated heterocycles. The number of thiophene rings is 1. The highest BCUT2D eigenvalue weighted by Gasteiger charge is 2.63. The summed E-state index contributed by atoms with van der Waals surface area (Å²) in [5.74, 6) is 0.724. The van der Waals surface area contributed by atoms with Crippen molar-refractivity contribution in [3.63, 3.8) is 0 Å². The second kappa shape index (κ2) is 9.19. The van der Waals surface area contributed by atoms with Crippen LogP contribution in [0.3, 0.4) is 0 Å². The summed E-state index contributed by atoms with van der Waals surface area (Å²) < 4.78 is 8.01. The molecule has 1 spiro atoms. The number of nitrogens with zero attached hydrogens (tertiary/aromatic N) is 3. The van der Waals surface area contributed by atoms with Gasteiger partial charge in [-0.15, -0.1) is 11.3 Å². The Labute approximate surface area is 184 Å². The van der Waals surface area contributed by atoms with Gasteiger partial charge in [0.15, 0.2) is 0 Å². The van der Waals surface area contributed by atoms with Crippen LogP contribution >= 0.6 is 11.3 Å². The van der Waals surface area contributed by atoms with Gasteiger partial charge in [0.05, 0.1) is 24.7 Å². The van der Waals surface area contributed by atoms with Crippen molar-refractivity contribution in [1.82, 2.24) is 20.0 Å². The Morgan fingerprint density at radius 3 is 2.97 bits per heavy atom. The Balaban J connectivity index is 0.000000730. The smallest absolute Gasteiger partial charge is 0.290 e. The van der Waals surface area contributed by atoms with Crippen molar-refractivity contribution >= 4 is 29.6 Å². The van der Waals surface area contributed by atoms with Crippen molar-refractivity contribution in [2.75, 3.05) is 19.6 Å². The lowest BCUT2D eigenvalue weighted by molar-refractivity contribution is -0.131. The van der Waals surface area contributed by atoms with E-state index in [-0.39, 0.29) is 42.5 Å². The molecule has 3 fully saturated rings. The van der Waals surface area contributed by atoms with Crippen LogP contribution in [0, 0.1) is 11.8 Å². The minimum absolute atomic E-state index is 0.0378. The SMILES string of the molecule is O=C(Cn1cccn1)NC[C@H]1[C@H]2CN(C(=O)Cc3cccs3)C[C@]23CC[C@H]1O3.O=CO. The molecular formula is C21H26N4O5S. The van der Waals surface area contributed by atoms with E-state index in [2.05, 4.69) is 10.4 Å². The standard InChI is InChI=1S/C20H24N4O3S.CH2O2/c25-18(12-24-7-2-6-22-24)21-10-15-16-11-23(13-20(16)5-4-17(15)27-20)19(26)9-14-3-1-8-28-14;2-1-3/h1-3,6-8,15-17H,4-5,9-13H2,(H,21,25);1H,(H,2,3)/t15-,16+,17+,20+;/m0./s1. The summed E-state index contributed by atoms with van der Waals surface area (Å²) in [4.78, 5) is 36.4. The fraction of sp³-hybridized carbons (Fsp3) is 0.524. The predicted octanol–water partition coefficient (Wildman–Crippen LogP) is 1.01. The van der Waals surface area contributed by atoms with E-state index in [0.29, 0.717) is 25.4 Å². The number of amides is 2. The Morgan fingerprint density at radius 2 is 2.26 bits per heavy atom. The topological polar surface area (TPSA) is 114 Å². The van der Waals surface area contributed by atoms with E-state index >= 15 is 0 Å². The molecule has 0 unspecified atom stereocenters. The molecular weight excluding hydrogens is 420 g/mol. The van der Waals surface area contributed by atoms with Crippen LogP contribution in [0.1, 0.15) is 17.7 Å². The van der Waals surface area contributed by atoms with Crippen LogP contribution in [-0.4, -0.2) is 69.4 Å². The summed E-state index contributed by atoms with van der Waals surface area (Å²) in [5, 5.41) is 16.0. The molecule has 2 bridgehead atoms. The van der Waals surface area contributed by atoms with Gasteiger partial charge in [0.25, 0.3) is 6.47 Å². The van der Waals surface area contributed by atoms with Crippen molar-refractivity contribution in [2.24, 2.45) is 11.8 Å². The van der Waals surface area contributed by atoms with E-state index in [1.807, 2.05) is 22.4 Å². The summed E-state index contributed by atoms with van der Waals surface area (Å²) in [5.41, 5.74) is -0.201. The monoisotopic (exact) mass is 446 g/mol. The number of nitrogens with one attached hydrogen (secondary N) is 1. The van der Waals surface area contributed by atoms with E-state index in [1.54, 1.807) is 34.5 Å². The van der Waals surface area contributed by atoms with E-state index in [4.69, 9.17) is 14.6 Å². The van der Waals surface area contributed by atoms with Gasteiger partial charge in [0.1, 0.15) is 6.54 Å². The number of ether oxygens (including phenoxy) is 1. The van der Waals surface area contributed by atoms with E-state index < -0.39 is 0 Å². The highest BCUT2D eigenvalue weighted by Crippen LogP contribution is 2.54. The van der Waals surface area contributed by atoms with Gasteiger partial charge in [-0.25, -0.2) is 0 Å². The normalized spacial score (nSPS) is 28.0. The van der Waals surface area contributed by atoms with Crippen molar-refractivity contribution in [2.45, 2.75) is 37.5 Å². The molecule has 0 radical (unpaired) electrons. The first-order chi connectivity index (χ1) is 15.0. The zero-order valence-electron chi connectivity index (χ0n) is 17.1. The molecule has 0 aliphatic carbocycles. The molecule has 9 nitrogen and oxygen atoms in total. The number of hydrogen-bond acceptors (Lipinski definition) is 6. The van der Waals surface area contributed by atoms with Gasteiger partial charge in [0.2, 0.25) is 11.8 Å². The molecule has 3 aliphatic heterocycles. The third-order valence-electron chi connectivity index (χ3n) is 6.44. The molecule has 10 heteroatoms. The summed E-state index contributed by atoms with van der Waals surface area (Å²) in [6.45, 7) is 2.01. The van der Waals surface area contributed by atoms with Gasteiger partial charge >= 0.3 is 0 Å². The van der Waals surface area contributed by atoms with Crippen LogP contribution in [0.4, 0.5) is 0 Å². The minimum Gasteiger partial charge on any atom is -0.483 e. The fourth-order valence-electron chi connectivity index (χ4n) is 5.16. The second-order valence-corrected chi connectivity index (χ2v) is 9.21. The first-order valence-corrected chi connectivity index (χ1v) is 11.2. The van der Waals surface area contributed by atoms with Crippen LogP contribution in [0.2, 0.25) is 0 Å². The second-order valence-electron chi connectivity index (χ2n) is 8.17. The summed E-state index contributed by atoms with van der Waals surface area (Å²) in [7, 11) is 0. The van der Waals surface area contributed by atoms with Crippen molar-refractivity contribution < 1.29 is 24.2 Å². The lowest BCUT2D eigenvalue weighted by Gasteiger charge is -2.29. The molecule has 5 heterocycles. The van der Waals surface area contributed by atoms with Crippen molar-refractivity contribution in [3.05, 3.63) is 40.8 Å². The average molecular weight is 447 g/mol. The number of fused-ring (bicyclic) bond motifs is 1. The lowest BCUT2D eigenvalue weighted by Crippen LogP contribution is -2.42. The lowest BCUT2D eigenvalue weighted by atomic mass is 9.73. The zero-order valence-corrected chi connectivity index (χ0v) is 17.9. The number of carbonyl (C=O) groups excluding carboxylic acids is 2. The first-order valence-electron chi connectivity index (χ1n) is 10.3. The maximum Gasteiger partial charge on any atom is 0.290 e. The number of carboxylic acid groups (broad SMARTS) is 1. The van der Waals surface area contributed by atoms with E-state index in [0.717, 1.165) is 24.3 Å². The highest BCUT2D eigenvalue weighted by molar-refractivity contribution is 7.10. The Morgan fingerprint density at radius 1 is 1.42 bits per heavy atom. The Kier molecular flexibility index (Phi) is 6.38. The first kappa shape index (κ1) is 21.5. The maximum atomic E-state index is 12.8. The molecule has 0 saturated carbocycles. The number of carbonyl (C=O) groups is 3. The third-order valence-corrected chi connectivity index (χ3v) is 7.32. The van der Waals surface area contributed by atoms with Crippen LogP contribution in [0.15, 0.2) is 36.0 Å². The molecule has 4 atom stereocenters. The molecule has 2 aromatic heterocycles. The number of aromatic nitrogens is 2. The number of likely N-dealkylation sites (tertiary alicyclic amines) is 1. The fourth-order valence-corrected chi connectivity index (χ4v) is 5.85. The van der Waals surface area contributed by atoms with Gasteiger partial charge in [0, 0.05) is 42.2 Å². The number of hydrogen-bond donors (Lipinski definition) is 2. The van der Waals surface area contributed by atoms with Crippen LogP contribution in [0.5, 0.6) is 0 Å². The summed E-state index contributed by atoms with van der Waals surface area (Å²) in [6, 6.07) is 5.80. The van der Waals surface area contributed by atoms with Gasteiger partial charge in [-0.1, -0.05) is 6.07 Å². The molecule has 2 amide bonds. The van der Waals surface area contributed by atoms with Crippen molar-refractivity contribution in [3.8, 4) is 0 Å².